The lowest BCUT2D eigenvalue weighted by atomic mass is 9.88. The molecule has 4 rings (SSSR count). The molecule has 1 aliphatic rings. The summed E-state index contributed by atoms with van der Waals surface area (Å²) >= 11 is 0. The van der Waals surface area contributed by atoms with Gasteiger partial charge in [-0.3, -0.25) is 19.9 Å². The summed E-state index contributed by atoms with van der Waals surface area (Å²) in [6, 6.07) is 13.0. The quantitative estimate of drug-likeness (QED) is 0.702. The molecule has 2 atom stereocenters. The smallest absolute Gasteiger partial charge is 0.0604 e. The minimum atomic E-state index is 0.252. The predicted octanol–water partition coefficient (Wildman–Crippen LogP) is 4.42. The van der Waals surface area contributed by atoms with Gasteiger partial charge in [-0.1, -0.05) is 18.2 Å². The predicted molar refractivity (Wildman–Crippen MR) is 115 cm³/mol. The lowest BCUT2D eigenvalue weighted by molar-refractivity contribution is 0.0675. The van der Waals surface area contributed by atoms with E-state index in [1.54, 1.807) is 0 Å². The fourth-order valence-corrected chi connectivity index (χ4v) is 4.55. The van der Waals surface area contributed by atoms with E-state index in [1.165, 1.54) is 28.1 Å². The number of pyridine rings is 3. The highest BCUT2D eigenvalue weighted by Crippen LogP contribution is 2.43. The number of hydrogen-bond acceptors (Lipinski definition) is 5. The fourth-order valence-electron chi connectivity index (χ4n) is 4.55. The molecule has 0 amide bonds. The van der Waals surface area contributed by atoms with E-state index in [4.69, 9.17) is 15.7 Å². The first kappa shape index (κ1) is 19.7. The monoisotopic (exact) mass is 387 g/mol. The number of aryl methyl sites for hydroxylation is 2. The molecule has 0 aliphatic carbocycles. The van der Waals surface area contributed by atoms with Crippen molar-refractivity contribution in [3.8, 4) is 0 Å². The van der Waals surface area contributed by atoms with Crippen LogP contribution in [0.2, 0.25) is 0 Å². The van der Waals surface area contributed by atoms with E-state index in [0.717, 1.165) is 31.5 Å². The molecule has 0 radical (unpaired) electrons. The van der Waals surface area contributed by atoms with Gasteiger partial charge in [-0.2, -0.15) is 0 Å². The molecule has 5 heteroatoms. The Hall–Kier alpha value is -2.63. The van der Waals surface area contributed by atoms with Crippen molar-refractivity contribution in [2.24, 2.45) is 5.73 Å². The standard InChI is InChI=1S/C24H29N5/c1-17-7-4-13-27-23(17)21-10-3-11-22(24-18(2)8-5-14-28-24)29(21)16-19-9-6-12-26-20(19)15-25/h4-9,12-14,21-22H,3,10-11,15-16,25H2,1-2H3/t21-,22+. The van der Waals surface area contributed by atoms with Crippen LogP contribution in [0.3, 0.4) is 0 Å². The molecule has 1 aliphatic heterocycles. The largest absolute Gasteiger partial charge is 0.325 e. The van der Waals surface area contributed by atoms with Gasteiger partial charge in [-0.25, -0.2) is 0 Å². The topological polar surface area (TPSA) is 67.9 Å². The van der Waals surface area contributed by atoms with Crippen LogP contribution in [-0.4, -0.2) is 19.9 Å². The lowest BCUT2D eigenvalue weighted by Crippen LogP contribution is -2.37. The number of rotatable bonds is 5. The van der Waals surface area contributed by atoms with E-state index in [1.807, 2.05) is 36.8 Å². The zero-order chi connectivity index (χ0) is 20.2. The number of hydrogen-bond donors (Lipinski definition) is 1. The molecule has 0 aromatic carbocycles. The third-order valence-electron chi connectivity index (χ3n) is 6.02. The minimum absolute atomic E-state index is 0.252. The average molecular weight is 388 g/mol. The second kappa shape index (κ2) is 8.80. The molecule has 4 heterocycles. The molecule has 2 N–H and O–H groups in total. The number of piperidine rings is 1. The summed E-state index contributed by atoms with van der Waals surface area (Å²) in [5, 5.41) is 0. The van der Waals surface area contributed by atoms with Crippen LogP contribution in [0.5, 0.6) is 0 Å². The molecular formula is C24H29N5. The highest BCUT2D eigenvalue weighted by Gasteiger charge is 2.35. The summed E-state index contributed by atoms with van der Waals surface area (Å²) in [6.45, 7) is 5.56. The molecule has 5 nitrogen and oxygen atoms in total. The first-order chi connectivity index (χ1) is 14.2. The van der Waals surface area contributed by atoms with Crippen molar-refractivity contribution in [2.75, 3.05) is 0 Å². The summed E-state index contributed by atoms with van der Waals surface area (Å²) in [4.78, 5) is 16.7. The van der Waals surface area contributed by atoms with E-state index < -0.39 is 0 Å². The van der Waals surface area contributed by atoms with Crippen LogP contribution in [-0.2, 0) is 13.1 Å². The van der Waals surface area contributed by atoms with Gasteiger partial charge in [0.2, 0.25) is 0 Å². The third-order valence-corrected chi connectivity index (χ3v) is 6.02. The molecular weight excluding hydrogens is 358 g/mol. The molecule has 3 aromatic rings. The van der Waals surface area contributed by atoms with Crippen LogP contribution >= 0.6 is 0 Å². The third kappa shape index (κ3) is 4.07. The average Bonchev–Trinajstić information content (AvgIpc) is 2.75. The normalized spacial score (nSPS) is 20.0. The van der Waals surface area contributed by atoms with Gasteiger partial charge in [0, 0.05) is 31.7 Å². The van der Waals surface area contributed by atoms with E-state index >= 15 is 0 Å². The fraction of sp³-hybridized carbons (Fsp3) is 0.375. The Bertz CT molecular complexity index is 917. The van der Waals surface area contributed by atoms with Crippen molar-refractivity contribution in [3.63, 3.8) is 0 Å². The molecule has 1 saturated heterocycles. The molecule has 0 spiro atoms. The van der Waals surface area contributed by atoms with Gasteiger partial charge in [0.25, 0.3) is 0 Å². The Balaban J connectivity index is 1.78. The Labute approximate surface area is 173 Å². The Morgan fingerprint density at radius 3 is 1.97 bits per heavy atom. The van der Waals surface area contributed by atoms with Crippen LogP contribution in [0.15, 0.2) is 55.0 Å². The first-order valence-corrected chi connectivity index (χ1v) is 10.4. The van der Waals surface area contributed by atoms with Gasteiger partial charge in [0.05, 0.1) is 29.2 Å². The summed E-state index contributed by atoms with van der Waals surface area (Å²) in [5.74, 6) is 0. The van der Waals surface area contributed by atoms with Crippen LogP contribution in [0, 0.1) is 13.8 Å². The summed E-state index contributed by atoms with van der Waals surface area (Å²) < 4.78 is 0. The van der Waals surface area contributed by atoms with Gasteiger partial charge in [0.15, 0.2) is 0 Å². The zero-order valence-electron chi connectivity index (χ0n) is 17.3. The van der Waals surface area contributed by atoms with Crippen molar-refractivity contribution >= 4 is 0 Å². The lowest BCUT2D eigenvalue weighted by Gasteiger charge is -2.42. The van der Waals surface area contributed by atoms with E-state index in [9.17, 15) is 0 Å². The van der Waals surface area contributed by atoms with Gasteiger partial charge >= 0.3 is 0 Å². The molecule has 150 valence electrons. The number of likely N-dealkylation sites (tertiary alicyclic amines) is 1. The highest BCUT2D eigenvalue weighted by atomic mass is 15.2. The van der Waals surface area contributed by atoms with E-state index in [0.29, 0.717) is 6.54 Å². The molecule has 0 bridgehead atoms. The van der Waals surface area contributed by atoms with Gasteiger partial charge < -0.3 is 5.73 Å². The molecule has 0 saturated carbocycles. The van der Waals surface area contributed by atoms with Gasteiger partial charge in [-0.05, 0) is 68.0 Å². The summed E-state index contributed by atoms with van der Waals surface area (Å²) in [5.41, 5.74) is 13.0. The van der Waals surface area contributed by atoms with Crippen LogP contribution in [0.4, 0.5) is 0 Å². The van der Waals surface area contributed by atoms with Crippen molar-refractivity contribution in [1.82, 2.24) is 19.9 Å². The van der Waals surface area contributed by atoms with E-state index in [-0.39, 0.29) is 12.1 Å². The zero-order valence-corrected chi connectivity index (χ0v) is 17.3. The van der Waals surface area contributed by atoms with Crippen molar-refractivity contribution in [3.05, 3.63) is 88.8 Å². The van der Waals surface area contributed by atoms with Gasteiger partial charge in [-0.15, -0.1) is 0 Å². The molecule has 1 fully saturated rings. The molecule has 29 heavy (non-hydrogen) atoms. The maximum absolute atomic E-state index is 5.99. The highest BCUT2D eigenvalue weighted by molar-refractivity contribution is 5.27. The van der Waals surface area contributed by atoms with Crippen LogP contribution in [0.25, 0.3) is 0 Å². The Kier molecular flexibility index (Phi) is 5.97. The molecule has 0 unspecified atom stereocenters. The van der Waals surface area contributed by atoms with Crippen LogP contribution < -0.4 is 5.73 Å². The summed E-state index contributed by atoms with van der Waals surface area (Å²) in [6.07, 6.45) is 8.99. The van der Waals surface area contributed by atoms with Crippen molar-refractivity contribution in [2.45, 2.75) is 58.3 Å². The second-order valence-corrected chi connectivity index (χ2v) is 7.86. The van der Waals surface area contributed by atoms with E-state index in [2.05, 4.69) is 41.9 Å². The Morgan fingerprint density at radius 2 is 1.41 bits per heavy atom. The van der Waals surface area contributed by atoms with Gasteiger partial charge in [0.1, 0.15) is 0 Å². The maximum Gasteiger partial charge on any atom is 0.0604 e. The Morgan fingerprint density at radius 1 is 0.862 bits per heavy atom. The minimum Gasteiger partial charge on any atom is -0.325 e. The first-order valence-electron chi connectivity index (χ1n) is 10.4. The number of aromatic nitrogens is 3. The summed E-state index contributed by atoms with van der Waals surface area (Å²) in [7, 11) is 0. The maximum atomic E-state index is 5.99. The molecule has 3 aromatic heterocycles. The number of nitrogens with zero attached hydrogens (tertiary/aromatic N) is 4. The van der Waals surface area contributed by atoms with Crippen molar-refractivity contribution < 1.29 is 0 Å². The number of nitrogens with two attached hydrogens (primary N) is 1. The van der Waals surface area contributed by atoms with Crippen molar-refractivity contribution in [1.29, 1.82) is 0 Å². The SMILES string of the molecule is Cc1cccnc1[C@H]1CCC[C@@H](c2ncccc2C)N1Cc1cccnc1CN. The second-order valence-electron chi connectivity index (χ2n) is 7.86. The van der Waals surface area contributed by atoms with Crippen LogP contribution in [0.1, 0.15) is 65.1 Å².